The van der Waals surface area contributed by atoms with Crippen molar-refractivity contribution in [3.05, 3.63) is 29.8 Å². The molecule has 0 saturated heterocycles. The third-order valence-electron chi connectivity index (χ3n) is 3.63. The Bertz CT molecular complexity index is 386. The summed E-state index contributed by atoms with van der Waals surface area (Å²) in [5.41, 5.74) is 1.72. The van der Waals surface area contributed by atoms with Crippen LogP contribution in [0.2, 0.25) is 0 Å². The fraction of sp³-hybridized carbons (Fsp3) is 0.533. The van der Waals surface area contributed by atoms with Gasteiger partial charge >= 0.3 is 0 Å². The highest BCUT2D eigenvalue weighted by molar-refractivity contribution is 5.56. The van der Waals surface area contributed by atoms with Gasteiger partial charge < -0.3 is 5.32 Å². The monoisotopic (exact) mass is 228 g/mol. The van der Waals surface area contributed by atoms with Crippen LogP contribution in [0.25, 0.3) is 0 Å². The summed E-state index contributed by atoms with van der Waals surface area (Å²) in [6.07, 6.45) is 8.25. The molecule has 17 heavy (non-hydrogen) atoms. The summed E-state index contributed by atoms with van der Waals surface area (Å²) in [4.78, 5) is 0. The fourth-order valence-corrected chi connectivity index (χ4v) is 2.65. The highest BCUT2D eigenvalue weighted by Crippen LogP contribution is 2.28. The lowest BCUT2D eigenvalue weighted by molar-refractivity contribution is 0.491. The largest absolute Gasteiger partial charge is 0.384 e. The van der Waals surface area contributed by atoms with Crippen LogP contribution in [0.5, 0.6) is 0 Å². The molecule has 0 aliphatic heterocycles. The topological polar surface area (TPSA) is 35.8 Å². The Kier molecular flexibility index (Phi) is 4.44. The Morgan fingerprint density at radius 3 is 2.76 bits per heavy atom. The quantitative estimate of drug-likeness (QED) is 0.775. The summed E-state index contributed by atoms with van der Waals surface area (Å²) >= 11 is 0. The van der Waals surface area contributed by atoms with E-state index < -0.39 is 0 Å². The molecule has 1 saturated carbocycles. The van der Waals surface area contributed by atoms with Gasteiger partial charge in [0, 0.05) is 6.54 Å². The Hall–Kier alpha value is -1.49. The van der Waals surface area contributed by atoms with Crippen molar-refractivity contribution in [2.75, 3.05) is 11.9 Å². The number of nitrogens with one attached hydrogen (secondary N) is 1. The second kappa shape index (κ2) is 6.30. The van der Waals surface area contributed by atoms with Crippen LogP contribution in [0.1, 0.15) is 44.1 Å². The summed E-state index contributed by atoms with van der Waals surface area (Å²) in [7, 11) is 0. The van der Waals surface area contributed by atoms with Gasteiger partial charge in [0.05, 0.1) is 11.3 Å². The van der Waals surface area contributed by atoms with Gasteiger partial charge in [-0.25, -0.2) is 0 Å². The van der Waals surface area contributed by atoms with Crippen molar-refractivity contribution in [2.45, 2.75) is 38.5 Å². The van der Waals surface area contributed by atoms with Crippen LogP contribution in [-0.4, -0.2) is 6.54 Å². The third-order valence-corrected chi connectivity index (χ3v) is 3.63. The van der Waals surface area contributed by atoms with Gasteiger partial charge in [-0.3, -0.25) is 0 Å². The van der Waals surface area contributed by atoms with Gasteiger partial charge in [-0.05, 0) is 30.9 Å². The van der Waals surface area contributed by atoms with E-state index in [-0.39, 0.29) is 0 Å². The number of nitrogens with zero attached hydrogens (tertiary/aromatic N) is 1. The molecule has 1 aliphatic carbocycles. The molecular weight excluding hydrogens is 208 g/mol. The van der Waals surface area contributed by atoms with Gasteiger partial charge in [-0.1, -0.05) is 37.8 Å². The van der Waals surface area contributed by atoms with Crippen LogP contribution in [-0.2, 0) is 0 Å². The van der Waals surface area contributed by atoms with E-state index in [4.69, 9.17) is 5.26 Å². The van der Waals surface area contributed by atoms with Crippen molar-refractivity contribution in [1.29, 1.82) is 5.26 Å². The van der Waals surface area contributed by atoms with E-state index in [9.17, 15) is 0 Å². The van der Waals surface area contributed by atoms with Crippen molar-refractivity contribution in [3.8, 4) is 6.07 Å². The number of para-hydroxylation sites is 1. The maximum atomic E-state index is 8.96. The number of anilines is 1. The number of nitriles is 1. The van der Waals surface area contributed by atoms with Crippen LogP contribution in [0.4, 0.5) is 5.69 Å². The molecule has 1 N–H and O–H groups in total. The summed E-state index contributed by atoms with van der Waals surface area (Å²) in [6.45, 7) is 0.981. The third kappa shape index (κ3) is 3.49. The average molecular weight is 228 g/mol. The van der Waals surface area contributed by atoms with Gasteiger partial charge in [0.2, 0.25) is 0 Å². The normalized spacial score (nSPS) is 15.7. The van der Waals surface area contributed by atoms with Crippen molar-refractivity contribution >= 4 is 5.69 Å². The lowest BCUT2D eigenvalue weighted by atomic mass is 10.0. The van der Waals surface area contributed by atoms with Crippen molar-refractivity contribution in [1.82, 2.24) is 0 Å². The van der Waals surface area contributed by atoms with E-state index in [1.807, 2.05) is 24.3 Å². The van der Waals surface area contributed by atoms with Crippen LogP contribution in [0, 0.1) is 17.2 Å². The van der Waals surface area contributed by atoms with E-state index >= 15 is 0 Å². The van der Waals surface area contributed by atoms with Gasteiger partial charge in [0.1, 0.15) is 6.07 Å². The SMILES string of the molecule is N#Cc1ccccc1NCCCC1CCCC1. The lowest BCUT2D eigenvalue weighted by Crippen LogP contribution is -2.05. The molecule has 90 valence electrons. The van der Waals surface area contributed by atoms with Gasteiger partial charge in [0.15, 0.2) is 0 Å². The van der Waals surface area contributed by atoms with E-state index in [0.717, 1.165) is 23.7 Å². The number of benzene rings is 1. The van der Waals surface area contributed by atoms with E-state index in [1.54, 1.807) is 0 Å². The number of hydrogen-bond acceptors (Lipinski definition) is 2. The molecule has 2 heteroatoms. The smallest absolute Gasteiger partial charge is 0.101 e. The second-order valence-electron chi connectivity index (χ2n) is 4.88. The number of rotatable bonds is 5. The molecule has 0 radical (unpaired) electrons. The molecule has 0 bridgehead atoms. The van der Waals surface area contributed by atoms with Crippen molar-refractivity contribution < 1.29 is 0 Å². The van der Waals surface area contributed by atoms with Gasteiger partial charge in [-0.2, -0.15) is 5.26 Å². The molecular formula is C15H20N2. The molecule has 0 amide bonds. The second-order valence-corrected chi connectivity index (χ2v) is 4.88. The molecule has 1 aromatic carbocycles. The predicted octanol–water partition coefficient (Wildman–Crippen LogP) is 3.94. The van der Waals surface area contributed by atoms with Gasteiger partial charge in [0.25, 0.3) is 0 Å². The molecule has 1 aliphatic rings. The molecule has 0 spiro atoms. The minimum Gasteiger partial charge on any atom is -0.384 e. The lowest BCUT2D eigenvalue weighted by Gasteiger charge is -2.10. The summed E-state index contributed by atoms with van der Waals surface area (Å²) in [6, 6.07) is 9.93. The first-order chi connectivity index (χ1) is 8.40. The first-order valence-corrected chi connectivity index (χ1v) is 6.63. The molecule has 0 atom stereocenters. The van der Waals surface area contributed by atoms with Crippen LogP contribution < -0.4 is 5.32 Å². The summed E-state index contributed by atoms with van der Waals surface area (Å²) in [5, 5.41) is 12.3. The summed E-state index contributed by atoms with van der Waals surface area (Å²) < 4.78 is 0. The maximum Gasteiger partial charge on any atom is 0.101 e. The molecule has 2 rings (SSSR count). The standard InChI is InChI=1S/C15H20N2/c16-12-14-9-3-4-10-15(14)17-11-5-8-13-6-1-2-7-13/h3-4,9-10,13,17H,1-2,5-8,11H2. The van der Waals surface area contributed by atoms with E-state index in [1.165, 1.54) is 38.5 Å². The average Bonchev–Trinajstić information content (AvgIpc) is 2.88. The fourth-order valence-electron chi connectivity index (χ4n) is 2.65. The molecule has 0 aromatic heterocycles. The first-order valence-electron chi connectivity index (χ1n) is 6.63. The predicted molar refractivity (Wildman–Crippen MR) is 70.8 cm³/mol. The van der Waals surface area contributed by atoms with Crippen LogP contribution in [0.3, 0.4) is 0 Å². The number of hydrogen-bond donors (Lipinski definition) is 1. The van der Waals surface area contributed by atoms with E-state index in [2.05, 4.69) is 11.4 Å². The molecule has 2 nitrogen and oxygen atoms in total. The molecule has 0 unspecified atom stereocenters. The van der Waals surface area contributed by atoms with Crippen LogP contribution >= 0.6 is 0 Å². The van der Waals surface area contributed by atoms with Crippen molar-refractivity contribution in [2.24, 2.45) is 5.92 Å². The first kappa shape index (κ1) is 12.0. The molecule has 1 aromatic rings. The zero-order chi connectivity index (χ0) is 11.9. The molecule has 0 heterocycles. The maximum absolute atomic E-state index is 8.96. The molecule has 1 fully saturated rings. The van der Waals surface area contributed by atoms with E-state index in [0.29, 0.717) is 0 Å². The Morgan fingerprint density at radius 1 is 1.24 bits per heavy atom. The van der Waals surface area contributed by atoms with Crippen LogP contribution in [0.15, 0.2) is 24.3 Å². The Labute approximate surface area is 104 Å². The Morgan fingerprint density at radius 2 is 2.00 bits per heavy atom. The summed E-state index contributed by atoms with van der Waals surface area (Å²) in [5.74, 6) is 0.961. The Balaban J connectivity index is 1.72. The zero-order valence-corrected chi connectivity index (χ0v) is 10.3. The van der Waals surface area contributed by atoms with Gasteiger partial charge in [-0.15, -0.1) is 0 Å². The minimum absolute atomic E-state index is 0.744. The minimum atomic E-state index is 0.744. The van der Waals surface area contributed by atoms with Crippen molar-refractivity contribution in [3.63, 3.8) is 0 Å². The zero-order valence-electron chi connectivity index (χ0n) is 10.3. The highest BCUT2D eigenvalue weighted by Gasteiger charge is 2.13. The highest BCUT2D eigenvalue weighted by atomic mass is 14.9.